The maximum Gasteiger partial charge on any atom is 0.303 e. The Labute approximate surface area is 99.1 Å². The molecule has 2 aliphatic rings. The minimum Gasteiger partial charge on any atom is -0.481 e. The molecule has 2 saturated heterocycles. The number of Topliss-reactive ketones (excluding diaryl/α,β-unsaturated/α-hetero) is 1. The van der Waals surface area contributed by atoms with E-state index in [1.54, 1.807) is 0 Å². The van der Waals surface area contributed by atoms with Gasteiger partial charge >= 0.3 is 5.97 Å². The van der Waals surface area contributed by atoms with E-state index in [9.17, 15) is 9.59 Å². The molecule has 0 radical (unpaired) electrons. The van der Waals surface area contributed by atoms with Crippen LogP contribution in [-0.2, 0) is 19.1 Å². The van der Waals surface area contributed by atoms with Crippen LogP contribution in [-0.4, -0.2) is 48.3 Å². The van der Waals surface area contributed by atoms with Crippen molar-refractivity contribution in [1.29, 1.82) is 0 Å². The molecule has 0 aromatic heterocycles. The third kappa shape index (κ3) is 2.65. The zero-order valence-corrected chi connectivity index (χ0v) is 9.50. The lowest BCUT2D eigenvalue weighted by Gasteiger charge is -2.28. The fourth-order valence-corrected chi connectivity index (χ4v) is 2.55. The topological polar surface area (TPSA) is 98.8 Å². The SMILES string of the molecule is NC1CCOC1C(CC(=O)O)C1OCCC1=O. The Kier molecular flexibility index (Phi) is 3.76. The Morgan fingerprint density at radius 3 is 2.71 bits per heavy atom. The second-order valence-corrected chi connectivity index (χ2v) is 4.56. The molecule has 0 aromatic carbocycles. The van der Waals surface area contributed by atoms with Gasteiger partial charge in [-0.2, -0.15) is 0 Å². The summed E-state index contributed by atoms with van der Waals surface area (Å²) in [5, 5.41) is 8.91. The molecule has 0 amide bonds. The predicted octanol–water partition coefficient (Wildman–Crippen LogP) is -0.448. The number of nitrogens with two attached hydrogens (primary N) is 1. The summed E-state index contributed by atoms with van der Waals surface area (Å²) in [7, 11) is 0. The third-order valence-corrected chi connectivity index (χ3v) is 3.37. The highest BCUT2D eigenvalue weighted by Crippen LogP contribution is 2.30. The van der Waals surface area contributed by atoms with Crippen LogP contribution in [0.15, 0.2) is 0 Å². The van der Waals surface area contributed by atoms with Crippen molar-refractivity contribution in [3.8, 4) is 0 Å². The summed E-state index contributed by atoms with van der Waals surface area (Å²) >= 11 is 0. The number of aliphatic carboxylic acids is 1. The number of carboxylic acids is 1. The quantitative estimate of drug-likeness (QED) is 0.694. The van der Waals surface area contributed by atoms with Crippen LogP contribution in [0.1, 0.15) is 19.3 Å². The summed E-state index contributed by atoms with van der Waals surface area (Å²) in [5.41, 5.74) is 5.88. The average Bonchev–Trinajstić information content (AvgIpc) is 2.84. The molecule has 6 nitrogen and oxygen atoms in total. The van der Waals surface area contributed by atoms with Crippen LogP contribution in [0.25, 0.3) is 0 Å². The Hall–Kier alpha value is -0.980. The molecule has 3 N–H and O–H groups in total. The number of hydrogen-bond acceptors (Lipinski definition) is 5. The van der Waals surface area contributed by atoms with Crippen LogP contribution in [0.5, 0.6) is 0 Å². The molecule has 2 heterocycles. The summed E-state index contributed by atoms with van der Waals surface area (Å²) in [5.74, 6) is -1.47. The van der Waals surface area contributed by atoms with Crippen molar-refractivity contribution in [2.75, 3.05) is 13.2 Å². The van der Waals surface area contributed by atoms with Gasteiger partial charge in [0.1, 0.15) is 6.10 Å². The van der Waals surface area contributed by atoms with Gasteiger partial charge in [-0.3, -0.25) is 9.59 Å². The van der Waals surface area contributed by atoms with Crippen LogP contribution in [0.2, 0.25) is 0 Å². The van der Waals surface area contributed by atoms with Gasteiger partial charge < -0.3 is 20.3 Å². The molecule has 2 rings (SSSR count). The molecule has 17 heavy (non-hydrogen) atoms. The average molecular weight is 243 g/mol. The number of hydrogen-bond donors (Lipinski definition) is 2. The lowest BCUT2D eigenvalue weighted by molar-refractivity contribution is -0.143. The van der Waals surface area contributed by atoms with Gasteiger partial charge in [-0.15, -0.1) is 0 Å². The van der Waals surface area contributed by atoms with Gasteiger partial charge in [0.25, 0.3) is 0 Å². The number of carbonyl (C=O) groups excluding carboxylic acids is 1. The minimum absolute atomic E-state index is 0.0426. The van der Waals surface area contributed by atoms with Crippen LogP contribution in [0.3, 0.4) is 0 Å². The Morgan fingerprint density at radius 2 is 2.24 bits per heavy atom. The molecule has 0 spiro atoms. The van der Waals surface area contributed by atoms with Crippen molar-refractivity contribution < 1.29 is 24.2 Å². The molecular formula is C11H17NO5. The molecule has 2 fully saturated rings. The maximum atomic E-state index is 11.6. The van der Waals surface area contributed by atoms with E-state index in [2.05, 4.69) is 0 Å². The van der Waals surface area contributed by atoms with E-state index in [1.807, 2.05) is 0 Å². The van der Waals surface area contributed by atoms with Crippen molar-refractivity contribution >= 4 is 11.8 Å². The molecule has 4 atom stereocenters. The molecule has 6 heteroatoms. The van der Waals surface area contributed by atoms with Crippen molar-refractivity contribution in [3.63, 3.8) is 0 Å². The van der Waals surface area contributed by atoms with E-state index in [1.165, 1.54) is 0 Å². The van der Waals surface area contributed by atoms with E-state index >= 15 is 0 Å². The first-order valence-corrected chi connectivity index (χ1v) is 5.83. The van der Waals surface area contributed by atoms with E-state index in [-0.39, 0.29) is 18.2 Å². The summed E-state index contributed by atoms with van der Waals surface area (Å²) < 4.78 is 10.8. The van der Waals surface area contributed by atoms with Gasteiger partial charge in [0.2, 0.25) is 0 Å². The van der Waals surface area contributed by atoms with Crippen LogP contribution in [0, 0.1) is 5.92 Å². The Morgan fingerprint density at radius 1 is 1.47 bits per heavy atom. The second-order valence-electron chi connectivity index (χ2n) is 4.56. The van der Waals surface area contributed by atoms with Crippen LogP contribution >= 0.6 is 0 Å². The molecule has 0 aliphatic carbocycles. The third-order valence-electron chi connectivity index (χ3n) is 3.37. The van der Waals surface area contributed by atoms with Gasteiger partial charge in [-0.1, -0.05) is 0 Å². The molecule has 4 unspecified atom stereocenters. The monoisotopic (exact) mass is 243 g/mol. The molecule has 2 aliphatic heterocycles. The summed E-state index contributed by atoms with van der Waals surface area (Å²) in [6, 6.07) is -0.212. The summed E-state index contributed by atoms with van der Waals surface area (Å²) in [6.07, 6.45) is -0.155. The van der Waals surface area contributed by atoms with E-state index in [0.29, 0.717) is 26.1 Å². The molecule has 0 saturated carbocycles. The summed E-state index contributed by atoms with van der Waals surface area (Å²) in [6.45, 7) is 0.879. The first-order chi connectivity index (χ1) is 8.09. The van der Waals surface area contributed by atoms with E-state index in [0.717, 1.165) is 0 Å². The summed E-state index contributed by atoms with van der Waals surface area (Å²) in [4.78, 5) is 22.5. The number of carboxylic acid groups (broad SMARTS) is 1. The normalized spacial score (nSPS) is 35.1. The second kappa shape index (κ2) is 5.12. The fourth-order valence-electron chi connectivity index (χ4n) is 2.55. The fraction of sp³-hybridized carbons (Fsp3) is 0.818. The predicted molar refractivity (Wildman–Crippen MR) is 57.4 cm³/mol. The van der Waals surface area contributed by atoms with Gasteiger partial charge in [-0.25, -0.2) is 0 Å². The van der Waals surface area contributed by atoms with Gasteiger partial charge in [0, 0.05) is 25.0 Å². The van der Waals surface area contributed by atoms with E-state index < -0.39 is 24.1 Å². The van der Waals surface area contributed by atoms with Crippen LogP contribution in [0.4, 0.5) is 0 Å². The molecular weight excluding hydrogens is 226 g/mol. The number of ether oxygens (including phenoxy) is 2. The van der Waals surface area contributed by atoms with E-state index in [4.69, 9.17) is 20.3 Å². The lowest BCUT2D eigenvalue weighted by Crippen LogP contribution is -2.44. The minimum atomic E-state index is -0.957. The highest BCUT2D eigenvalue weighted by molar-refractivity contribution is 5.85. The number of ketones is 1. The smallest absolute Gasteiger partial charge is 0.303 e. The van der Waals surface area contributed by atoms with Crippen molar-refractivity contribution in [3.05, 3.63) is 0 Å². The highest BCUT2D eigenvalue weighted by Gasteiger charge is 2.43. The first kappa shape index (κ1) is 12.5. The van der Waals surface area contributed by atoms with Crippen molar-refractivity contribution in [2.24, 2.45) is 11.7 Å². The zero-order valence-electron chi connectivity index (χ0n) is 9.50. The zero-order chi connectivity index (χ0) is 12.4. The van der Waals surface area contributed by atoms with Crippen molar-refractivity contribution in [2.45, 2.75) is 37.5 Å². The molecule has 96 valence electrons. The van der Waals surface area contributed by atoms with Crippen LogP contribution < -0.4 is 5.73 Å². The number of carbonyl (C=O) groups is 2. The van der Waals surface area contributed by atoms with Gasteiger partial charge in [0.15, 0.2) is 5.78 Å². The largest absolute Gasteiger partial charge is 0.481 e. The Balaban J connectivity index is 2.12. The standard InChI is InChI=1S/C11H17NO5/c12-7-1-3-16-10(7)6(5-9(14)15)11-8(13)2-4-17-11/h6-7,10-11H,1-5,12H2,(H,14,15). The molecule has 0 aromatic rings. The Bertz CT molecular complexity index is 319. The van der Waals surface area contributed by atoms with Gasteiger partial charge in [-0.05, 0) is 6.42 Å². The molecule has 0 bridgehead atoms. The lowest BCUT2D eigenvalue weighted by atomic mass is 9.87. The maximum absolute atomic E-state index is 11.6. The van der Waals surface area contributed by atoms with Crippen molar-refractivity contribution in [1.82, 2.24) is 0 Å². The number of rotatable bonds is 4. The van der Waals surface area contributed by atoms with Gasteiger partial charge in [0.05, 0.1) is 19.1 Å². The first-order valence-electron chi connectivity index (χ1n) is 5.83. The highest BCUT2D eigenvalue weighted by atomic mass is 16.5.